The molecule has 2 rings (SSSR count). The maximum atomic E-state index is 12.0. The summed E-state index contributed by atoms with van der Waals surface area (Å²) < 4.78 is 5.55. The molecule has 0 bridgehead atoms. The Balaban J connectivity index is 1.85. The number of carbonyl (C=O) groups excluding carboxylic acids is 1. The fourth-order valence-corrected chi connectivity index (χ4v) is 2.48. The van der Waals surface area contributed by atoms with E-state index >= 15 is 0 Å². The molecule has 2 saturated heterocycles. The minimum Gasteiger partial charge on any atom is -0.378 e. The quantitative estimate of drug-likeness (QED) is 0.710. The summed E-state index contributed by atoms with van der Waals surface area (Å²) in [5.74, 6) is 0.0935. The van der Waals surface area contributed by atoms with Crippen LogP contribution in [-0.4, -0.2) is 36.1 Å². The first-order valence-corrected chi connectivity index (χ1v) is 6.12. The monoisotopic (exact) mass is 222 g/mol. The van der Waals surface area contributed by atoms with Gasteiger partial charge in [0.05, 0.1) is 18.6 Å². The molecule has 0 radical (unpaired) electrons. The second-order valence-corrected chi connectivity index (χ2v) is 4.57. The summed E-state index contributed by atoms with van der Waals surface area (Å²) in [6.07, 6.45) is 5.56. The zero-order chi connectivity index (χ0) is 11.4. The van der Waals surface area contributed by atoms with Gasteiger partial charge in [-0.3, -0.25) is 4.79 Å². The lowest BCUT2D eigenvalue weighted by Crippen LogP contribution is -2.37. The highest BCUT2D eigenvalue weighted by Gasteiger charge is 2.30. The molecule has 1 amide bonds. The van der Waals surface area contributed by atoms with Gasteiger partial charge >= 0.3 is 0 Å². The van der Waals surface area contributed by atoms with Crippen LogP contribution in [0.5, 0.6) is 0 Å². The zero-order valence-electron chi connectivity index (χ0n) is 9.52. The van der Waals surface area contributed by atoms with Crippen LogP contribution in [0.4, 0.5) is 0 Å². The Labute approximate surface area is 96.2 Å². The lowest BCUT2D eigenvalue weighted by atomic mass is 10.1. The molecule has 2 aliphatic heterocycles. The van der Waals surface area contributed by atoms with E-state index in [2.05, 4.69) is 6.07 Å². The van der Waals surface area contributed by atoms with E-state index in [1.54, 1.807) is 4.90 Å². The van der Waals surface area contributed by atoms with Crippen LogP contribution in [-0.2, 0) is 9.53 Å². The summed E-state index contributed by atoms with van der Waals surface area (Å²) in [7, 11) is 0. The smallest absolute Gasteiger partial charge is 0.226 e. The minimum atomic E-state index is -0.198. The van der Waals surface area contributed by atoms with Gasteiger partial charge in [0, 0.05) is 13.2 Å². The Morgan fingerprint density at radius 3 is 2.94 bits per heavy atom. The number of nitrogens with zero attached hydrogens (tertiary/aromatic N) is 2. The van der Waals surface area contributed by atoms with Crippen molar-refractivity contribution in [3.63, 3.8) is 0 Å². The summed E-state index contributed by atoms with van der Waals surface area (Å²) >= 11 is 0. The fourth-order valence-electron chi connectivity index (χ4n) is 2.48. The van der Waals surface area contributed by atoms with Crippen molar-refractivity contribution in [2.24, 2.45) is 0 Å². The zero-order valence-corrected chi connectivity index (χ0v) is 9.52. The Hall–Kier alpha value is -1.08. The average Bonchev–Trinajstić information content (AvgIpc) is 2.78. The number of carbonyl (C=O) groups is 1. The maximum absolute atomic E-state index is 12.0. The number of likely N-dealkylation sites (tertiary alicyclic amines) is 1. The van der Waals surface area contributed by atoms with Gasteiger partial charge in [-0.15, -0.1) is 0 Å². The summed E-state index contributed by atoms with van der Waals surface area (Å²) in [4.78, 5) is 13.7. The third kappa shape index (κ3) is 2.53. The van der Waals surface area contributed by atoms with Crippen molar-refractivity contribution in [1.82, 2.24) is 4.90 Å². The highest BCUT2D eigenvalue weighted by atomic mass is 16.5. The van der Waals surface area contributed by atoms with E-state index in [0.29, 0.717) is 6.42 Å². The lowest BCUT2D eigenvalue weighted by molar-refractivity contribution is -0.135. The van der Waals surface area contributed by atoms with E-state index in [1.165, 1.54) is 0 Å². The number of rotatable bonds is 2. The molecule has 88 valence electrons. The second-order valence-electron chi connectivity index (χ2n) is 4.57. The van der Waals surface area contributed by atoms with Gasteiger partial charge in [-0.1, -0.05) is 0 Å². The Kier molecular flexibility index (Phi) is 3.79. The molecule has 0 spiro atoms. The van der Waals surface area contributed by atoms with E-state index in [4.69, 9.17) is 10.00 Å². The van der Waals surface area contributed by atoms with Gasteiger partial charge in [0.15, 0.2) is 0 Å². The van der Waals surface area contributed by atoms with Crippen molar-refractivity contribution >= 4 is 5.91 Å². The van der Waals surface area contributed by atoms with Gasteiger partial charge < -0.3 is 9.64 Å². The van der Waals surface area contributed by atoms with Gasteiger partial charge in [-0.2, -0.15) is 5.26 Å². The van der Waals surface area contributed by atoms with Crippen LogP contribution >= 0.6 is 0 Å². The molecule has 0 aliphatic carbocycles. The molecular formula is C12H18N2O2. The topological polar surface area (TPSA) is 53.3 Å². The molecule has 4 heteroatoms. The molecule has 2 heterocycles. The Morgan fingerprint density at radius 2 is 2.25 bits per heavy atom. The van der Waals surface area contributed by atoms with E-state index < -0.39 is 0 Å². The van der Waals surface area contributed by atoms with Crippen molar-refractivity contribution in [3.8, 4) is 6.07 Å². The predicted octanol–water partition coefficient (Wildman–Crippen LogP) is 1.46. The molecule has 2 fully saturated rings. The molecule has 0 aromatic heterocycles. The molecular weight excluding hydrogens is 204 g/mol. The van der Waals surface area contributed by atoms with Crippen molar-refractivity contribution in [2.75, 3.05) is 13.2 Å². The van der Waals surface area contributed by atoms with Gasteiger partial charge in [-0.05, 0) is 32.1 Å². The lowest BCUT2D eigenvalue weighted by Gasteiger charge is -2.25. The van der Waals surface area contributed by atoms with Crippen molar-refractivity contribution in [1.29, 1.82) is 5.26 Å². The van der Waals surface area contributed by atoms with Crippen molar-refractivity contribution in [2.45, 2.75) is 50.7 Å². The molecule has 2 atom stereocenters. The van der Waals surface area contributed by atoms with Crippen LogP contribution in [0.15, 0.2) is 0 Å². The summed E-state index contributed by atoms with van der Waals surface area (Å²) in [6.45, 7) is 1.52. The number of nitriles is 1. The Bertz CT molecular complexity index is 292. The van der Waals surface area contributed by atoms with Crippen LogP contribution < -0.4 is 0 Å². The first-order valence-electron chi connectivity index (χ1n) is 6.12. The van der Waals surface area contributed by atoms with E-state index in [-0.39, 0.29) is 18.1 Å². The van der Waals surface area contributed by atoms with Crippen LogP contribution in [0.1, 0.15) is 38.5 Å². The summed E-state index contributed by atoms with van der Waals surface area (Å²) in [5, 5.41) is 8.92. The fraction of sp³-hybridized carbons (Fsp3) is 0.833. The molecule has 0 aromatic carbocycles. The summed E-state index contributed by atoms with van der Waals surface area (Å²) in [6, 6.07) is 2.00. The number of amides is 1. The predicted molar refractivity (Wildman–Crippen MR) is 58.6 cm³/mol. The summed E-state index contributed by atoms with van der Waals surface area (Å²) in [5.41, 5.74) is 0. The normalized spacial score (nSPS) is 30.1. The molecule has 0 N–H and O–H groups in total. The molecule has 4 nitrogen and oxygen atoms in total. The molecule has 0 aromatic rings. The highest BCUT2D eigenvalue weighted by molar-refractivity contribution is 5.77. The van der Waals surface area contributed by atoms with Gasteiger partial charge in [0.2, 0.25) is 5.91 Å². The van der Waals surface area contributed by atoms with E-state index in [0.717, 1.165) is 45.3 Å². The first kappa shape index (κ1) is 11.4. The van der Waals surface area contributed by atoms with Crippen LogP contribution in [0.2, 0.25) is 0 Å². The van der Waals surface area contributed by atoms with Crippen LogP contribution in [0.3, 0.4) is 0 Å². The Morgan fingerprint density at radius 1 is 1.38 bits per heavy atom. The van der Waals surface area contributed by atoms with Gasteiger partial charge in [0.25, 0.3) is 0 Å². The second kappa shape index (κ2) is 5.31. The van der Waals surface area contributed by atoms with E-state index in [9.17, 15) is 4.79 Å². The third-order valence-electron chi connectivity index (χ3n) is 3.40. The molecule has 2 aliphatic rings. The standard InChI is InChI=1S/C12H18N2O2/c13-9-10-4-3-6-14(10)12(15)8-11-5-1-2-7-16-11/h10-11H,1-8H2. The van der Waals surface area contributed by atoms with E-state index in [1.807, 2.05) is 0 Å². The average molecular weight is 222 g/mol. The third-order valence-corrected chi connectivity index (χ3v) is 3.40. The van der Waals surface area contributed by atoms with Crippen molar-refractivity contribution in [3.05, 3.63) is 0 Å². The van der Waals surface area contributed by atoms with Crippen LogP contribution in [0, 0.1) is 11.3 Å². The van der Waals surface area contributed by atoms with Crippen molar-refractivity contribution < 1.29 is 9.53 Å². The number of ether oxygens (including phenoxy) is 1. The minimum absolute atomic E-state index is 0.0844. The molecule has 0 saturated carbocycles. The number of hydrogen-bond donors (Lipinski definition) is 0. The van der Waals surface area contributed by atoms with Gasteiger partial charge in [-0.25, -0.2) is 0 Å². The van der Waals surface area contributed by atoms with Crippen LogP contribution in [0.25, 0.3) is 0 Å². The number of hydrogen-bond acceptors (Lipinski definition) is 3. The van der Waals surface area contributed by atoms with Gasteiger partial charge in [0.1, 0.15) is 6.04 Å². The SMILES string of the molecule is N#CC1CCCN1C(=O)CC1CCCCO1. The first-order chi connectivity index (χ1) is 7.81. The molecule has 16 heavy (non-hydrogen) atoms. The largest absolute Gasteiger partial charge is 0.378 e. The highest BCUT2D eigenvalue weighted by Crippen LogP contribution is 2.21. The molecule has 2 unspecified atom stereocenters. The maximum Gasteiger partial charge on any atom is 0.226 e.